The molecule has 0 spiro atoms. The topological polar surface area (TPSA) is 66.4 Å². The summed E-state index contributed by atoms with van der Waals surface area (Å²) in [6.07, 6.45) is 6.67. The quantitative estimate of drug-likeness (QED) is 0.605. The van der Waals surface area contributed by atoms with Gasteiger partial charge in [0.1, 0.15) is 0 Å². The van der Waals surface area contributed by atoms with Gasteiger partial charge in [-0.2, -0.15) is 0 Å². The lowest BCUT2D eigenvalue weighted by molar-refractivity contribution is 0.0979. The van der Waals surface area contributed by atoms with Crippen LogP contribution in [-0.4, -0.2) is 33.9 Å². The number of anilines is 2. The van der Waals surface area contributed by atoms with E-state index in [2.05, 4.69) is 9.97 Å². The molecule has 6 nitrogen and oxygen atoms in total. The maximum absolute atomic E-state index is 13.3. The van der Waals surface area contributed by atoms with E-state index in [1.54, 1.807) is 71.0 Å². The molecule has 0 aliphatic heterocycles. The van der Waals surface area contributed by atoms with E-state index in [0.717, 1.165) is 0 Å². The SMILES string of the molecule is CC(C)N(C(=O)c1cccc(C(=O)N(c2cccnc2)C(C)C)c1)c1cccnc1. The number of carbonyl (C=O) groups excluding carboxylic acids is 2. The molecule has 2 amide bonds. The Labute approximate surface area is 177 Å². The van der Waals surface area contributed by atoms with Crippen LogP contribution >= 0.6 is 0 Å². The van der Waals surface area contributed by atoms with Crippen molar-refractivity contribution in [2.24, 2.45) is 0 Å². The molecule has 0 bridgehead atoms. The number of hydrogen-bond acceptors (Lipinski definition) is 4. The summed E-state index contributed by atoms with van der Waals surface area (Å²) in [4.78, 5) is 38.2. The summed E-state index contributed by atoms with van der Waals surface area (Å²) >= 11 is 0. The van der Waals surface area contributed by atoms with Crippen molar-refractivity contribution in [1.29, 1.82) is 0 Å². The van der Waals surface area contributed by atoms with Crippen LogP contribution in [0.5, 0.6) is 0 Å². The fourth-order valence-corrected chi connectivity index (χ4v) is 3.36. The second kappa shape index (κ2) is 9.31. The van der Waals surface area contributed by atoms with Gasteiger partial charge in [-0.15, -0.1) is 0 Å². The first-order valence-electron chi connectivity index (χ1n) is 9.97. The van der Waals surface area contributed by atoms with Gasteiger partial charge in [0.05, 0.1) is 23.8 Å². The molecule has 0 aliphatic rings. The summed E-state index contributed by atoms with van der Waals surface area (Å²) in [6, 6.07) is 14.0. The Morgan fingerprint density at radius 2 is 1.13 bits per heavy atom. The van der Waals surface area contributed by atoms with E-state index in [0.29, 0.717) is 22.5 Å². The zero-order valence-electron chi connectivity index (χ0n) is 17.7. The Kier molecular flexibility index (Phi) is 6.57. The first-order chi connectivity index (χ1) is 14.4. The average molecular weight is 402 g/mol. The number of benzene rings is 1. The van der Waals surface area contributed by atoms with Crippen LogP contribution in [-0.2, 0) is 0 Å². The van der Waals surface area contributed by atoms with Crippen molar-refractivity contribution in [2.45, 2.75) is 39.8 Å². The third-order valence-corrected chi connectivity index (χ3v) is 4.68. The van der Waals surface area contributed by atoms with Gasteiger partial charge in [-0.3, -0.25) is 19.6 Å². The number of carbonyl (C=O) groups is 2. The fourth-order valence-electron chi connectivity index (χ4n) is 3.36. The molecule has 2 heterocycles. The van der Waals surface area contributed by atoms with Crippen LogP contribution in [0.1, 0.15) is 48.4 Å². The summed E-state index contributed by atoms with van der Waals surface area (Å²) < 4.78 is 0. The minimum Gasteiger partial charge on any atom is -0.304 e. The van der Waals surface area contributed by atoms with E-state index in [1.807, 2.05) is 39.8 Å². The molecule has 0 fully saturated rings. The minimum atomic E-state index is -0.176. The van der Waals surface area contributed by atoms with Gasteiger partial charge in [0.2, 0.25) is 0 Å². The molecule has 3 rings (SSSR count). The number of rotatable bonds is 6. The number of aromatic nitrogens is 2. The molecule has 0 unspecified atom stereocenters. The summed E-state index contributed by atoms with van der Waals surface area (Å²) in [5.41, 5.74) is 2.34. The molecule has 3 aromatic rings. The van der Waals surface area contributed by atoms with E-state index in [4.69, 9.17) is 0 Å². The Hall–Kier alpha value is -3.54. The van der Waals surface area contributed by atoms with Crippen molar-refractivity contribution in [2.75, 3.05) is 9.80 Å². The predicted molar refractivity (Wildman–Crippen MR) is 119 cm³/mol. The smallest absolute Gasteiger partial charge is 0.258 e. The highest BCUT2D eigenvalue weighted by molar-refractivity contribution is 6.10. The summed E-state index contributed by atoms with van der Waals surface area (Å²) in [5.74, 6) is -0.352. The first-order valence-corrected chi connectivity index (χ1v) is 9.97. The van der Waals surface area contributed by atoms with Gasteiger partial charge in [0.25, 0.3) is 11.8 Å². The molecule has 0 N–H and O–H groups in total. The first kappa shape index (κ1) is 21.2. The van der Waals surface area contributed by atoms with E-state index >= 15 is 0 Å². The number of amides is 2. The van der Waals surface area contributed by atoms with Gasteiger partial charge < -0.3 is 9.80 Å². The van der Waals surface area contributed by atoms with Crippen LogP contribution in [0.25, 0.3) is 0 Å². The summed E-state index contributed by atoms with van der Waals surface area (Å²) in [6.45, 7) is 7.79. The van der Waals surface area contributed by atoms with Gasteiger partial charge >= 0.3 is 0 Å². The molecule has 30 heavy (non-hydrogen) atoms. The second-order valence-corrected chi connectivity index (χ2v) is 7.54. The number of nitrogens with zero attached hydrogens (tertiary/aromatic N) is 4. The van der Waals surface area contributed by atoms with Crippen LogP contribution in [0.2, 0.25) is 0 Å². The summed E-state index contributed by atoms with van der Waals surface area (Å²) in [5, 5.41) is 0. The molecule has 6 heteroatoms. The van der Waals surface area contributed by atoms with Crippen molar-refractivity contribution in [1.82, 2.24) is 9.97 Å². The molecule has 0 saturated heterocycles. The van der Waals surface area contributed by atoms with Crippen LogP contribution < -0.4 is 9.80 Å². The molecule has 0 atom stereocenters. The zero-order chi connectivity index (χ0) is 21.7. The van der Waals surface area contributed by atoms with Crippen molar-refractivity contribution >= 4 is 23.2 Å². The molecule has 154 valence electrons. The number of pyridine rings is 2. The highest BCUT2D eigenvalue weighted by Crippen LogP contribution is 2.22. The Balaban J connectivity index is 1.95. The Morgan fingerprint density at radius 3 is 1.47 bits per heavy atom. The normalized spacial score (nSPS) is 10.9. The standard InChI is InChI=1S/C24H26N4O2/c1-17(2)27(21-10-6-12-25-15-21)23(29)19-8-5-9-20(14-19)24(30)28(18(3)4)22-11-7-13-26-16-22/h5-18H,1-4H3. The lowest BCUT2D eigenvalue weighted by Gasteiger charge is -2.28. The predicted octanol–water partition coefficient (Wildman–Crippen LogP) is 4.59. The van der Waals surface area contributed by atoms with Crippen LogP contribution in [0.4, 0.5) is 11.4 Å². The maximum Gasteiger partial charge on any atom is 0.258 e. The lowest BCUT2D eigenvalue weighted by Crippen LogP contribution is -2.38. The van der Waals surface area contributed by atoms with E-state index < -0.39 is 0 Å². The third kappa shape index (κ3) is 4.54. The van der Waals surface area contributed by atoms with Gasteiger partial charge in [0, 0.05) is 35.6 Å². The highest BCUT2D eigenvalue weighted by atomic mass is 16.2. The maximum atomic E-state index is 13.3. The van der Waals surface area contributed by atoms with Crippen LogP contribution in [0.3, 0.4) is 0 Å². The van der Waals surface area contributed by atoms with Gasteiger partial charge in [0.15, 0.2) is 0 Å². The van der Waals surface area contributed by atoms with E-state index in [-0.39, 0.29) is 23.9 Å². The van der Waals surface area contributed by atoms with Crippen LogP contribution in [0.15, 0.2) is 73.3 Å². The monoisotopic (exact) mass is 402 g/mol. The summed E-state index contributed by atoms with van der Waals surface area (Å²) in [7, 11) is 0. The molecule has 0 radical (unpaired) electrons. The van der Waals surface area contributed by atoms with Crippen molar-refractivity contribution in [3.05, 3.63) is 84.4 Å². The van der Waals surface area contributed by atoms with Crippen molar-refractivity contribution in [3.8, 4) is 0 Å². The fraction of sp³-hybridized carbons (Fsp3) is 0.250. The third-order valence-electron chi connectivity index (χ3n) is 4.68. The van der Waals surface area contributed by atoms with Crippen molar-refractivity contribution < 1.29 is 9.59 Å². The van der Waals surface area contributed by atoms with E-state index in [1.165, 1.54) is 0 Å². The molecular formula is C24H26N4O2. The molecule has 1 aromatic carbocycles. The second-order valence-electron chi connectivity index (χ2n) is 7.54. The van der Waals surface area contributed by atoms with E-state index in [9.17, 15) is 9.59 Å². The van der Waals surface area contributed by atoms with Gasteiger partial charge in [-0.1, -0.05) is 6.07 Å². The lowest BCUT2D eigenvalue weighted by atomic mass is 10.1. The van der Waals surface area contributed by atoms with Gasteiger partial charge in [-0.25, -0.2) is 0 Å². The Bertz CT molecular complexity index is 925. The van der Waals surface area contributed by atoms with Gasteiger partial charge in [-0.05, 0) is 70.2 Å². The highest BCUT2D eigenvalue weighted by Gasteiger charge is 2.24. The minimum absolute atomic E-state index is 0.0661. The Morgan fingerprint density at radius 1 is 0.700 bits per heavy atom. The average Bonchev–Trinajstić information content (AvgIpc) is 2.75. The largest absolute Gasteiger partial charge is 0.304 e. The number of hydrogen-bond donors (Lipinski definition) is 0. The molecule has 0 aliphatic carbocycles. The van der Waals surface area contributed by atoms with Crippen molar-refractivity contribution in [3.63, 3.8) is 0 Å². The van der Waals surface area contributed by atoms with Crippen LogP contribution in [0, 0.1) is 0 Å². The zero-order valence-corrected chi connectivity index (χ0v) is 17.7. The molecule has 0 saturated carbocycles. The molecule has 2 aromatic heterocycles. The molecular weight excluding hydrogens is 376 g/mol.